The number of carbonyl (C=O) groups excluding carboxylic acids is 3. The van der Waals surface area contributed by atoms with Gasteiger partial charge in [-0.2, -0.15) is 10.2 Å². The van der Waals surface area contributed by atoms with Crippen LogP contribution in [0.5, 0.6) is 0 Å². The number of nitrogens with two attached hydrogens (primary N) is 1. The van der Waals surface area contributed by atoms with E-state index in [1.165, 1.54) is 0 Å². The highest BCUT2D eigenvalue weighted by atomic mass is 16.2. The van der Waals surface area contributed by atoms with E-state index in [1.54, 1.807) is 27.6 Å². The highest BCUT2D eigenvalue weighted by molar-refractivity contribution is 6.05. The molecule has 282 valence electrons. The zero-order valence-corrected chi connectivity index (χ0v) is 31.6. The highest BCUT2D eigenvalue weighted by Gasteiger charge is 2.25. The lowest BCUT2D eigenvalue weighted by Gasteiger charge is -2.13. The number of primary amides is 1. The zero-order chi connectivity index (χ0) is 38.1. The summed E-state index contributed by atoms with van der Waals surface area (Å²) in [5.74, 6) is -0.223. The molecule has 0 saturated carbocycles. The van der Waals surface area contributed by atoms with Gasteiger partial charge in [-0.3, -0.25) is 34.4 Å². The molecular formula is C39H48N12O3. The molecular weight excluding hydrogens is 685 g/mol. The van der Waals surface area contributed by atoms with Crippen LogP contribution in [0.15, 0.2) is 42.5 Å². The fraction of sp³-hybridized carbons (Fsp3) is 0.410. The van der Waals surface area contributed by atoms with Crippen molar-refractivity contribution in [1.82, 2.24) is 43.6 Å². The minimum atomic E-state index is -0.550. The van der Waals surface area contributed by atoms with Crippen molar-refractivity contribution in [1.29, 1.82) is 0 Å². The minimum Gasteiger partial charge on any atom is -0.366 e. The van der Waals surface area contributed by atoms with E-state index >= 15 is 0 Å². The molecule has 15 nitrogen and oxygen atoms in total. The average molecular weight is 733 g/mol. The molecule has 0 bridgehead atoms. The number of hydrogen-bond donors (Lipinski definition) is 3. The zero-order valence-electron chi connectivity index (χ0n) is 31.6. The van der Waals surface area contributed by atoms with Crippen LogP contribution in [0.2, 0.25) is 0 Å². The van der Waals surface area contributed by atoms with Gasteiger partial charge in [-0.25, -0.2) is 9.97 Å². The van der Waals surface area contributed by atoms with E-state index in [4.69, 9.17) is 20.8 Å². The number of amides is 3. The van der Waals surface area contributed by atoms with Gasteiger partial charge in [0.15, 0.2) is 0 Å². The third kappa shape index (κ3) is 7.23. The highest BCUT2D eigenvalue weighted by Crippen LogP contribution is 2.28. The summed E-state index contributed by atoms with van der Waals surface area (Å²) in [6.45, 7) is 8.75. The Bertz CT molecular complexity index is 2380. The molecule has 0 spiro atoms. The van der Waals surface area contributed by atoms with E-state index in [9.17, 15) is 14.4 Å². The Kier molecular flexibility index (Phi) is 10.3. The second-order valence-corrected chi connectivity index (χ2v) is 14.3. The Labute approximate surface area is 313 Å². The van der Waals surface area contributed by atoms with Crippen molar-refractivity contribution < 1.29 is 14.4 Å². The molecule has 0 aliphatic carbocycles. The second-order valence-electron chi connectivity index (χ2n) is 14.3. The number of nitrogens with zero attached hydrogens (tertiary/aromatic N) is 9. The van der Waals surface area contributed by atoms with Crippen LogP contribution in [0.4, 0.5) is 11.9 Å². The number of aryl methyl sites for hydroxylation is 6. The first kappa shape index (κ1) is 36.5. The standard InChI is InChI=1S/C39H48N12O3/c1-6-50-34-28(25(3)46-50)14-8-7-9-20-51-32(21-24(2)45-51)36(53)43-38-41-29-22-26(35(40)52)16-17-30(29)48(38)18-10-11-19-49-31-15-12-13-27(23-47(4)5)33(31)42-39(49)44-37(34)54/h12-13,15-17,21-22H,6-11,14,18-20,23H2,1-5H3,(H2,40,52)(H,41,43,53)(H,42,44,54). The van der Waals surface area contributed by atoms with Crippen LogP contribution in [0.1, 0.15) is 92.9 Å². The molecule has 1 aliphatic rings. The molecule has 4 aromatic heterocycles. The third-order valence-corrected chi connectivity index (χ3v) is 10.0. The lowest BCUT2D eigenvalue weighted by atomic mass is 10.0. The van der Waals surface area contributed by atoms with Gasteiger partial charge in [-0.15, -0.1) is 0 Å². The first-order valence-corrected chi connectivity index (χ1v) is 18.7. The largest absolute Gasteiger partial charge is 0.366 e. The number of nitrogens with one attached hydrogen (secondary N) is 2. The molecule has 0 unspecified atom stereocenters. The predicted octanol–water partition coefficient (Wildman–Crippen LogP) is 5.29. The van der Waals surface area contributed by atoms with Gasteiger partial charge in [0.2, 0.25) is 17.8 Å². The number of benzene rings is 2. The number of rotatable bonds is 4. The summed E-state index contributed by atoms with van der Waals surface area (Å²) < 4.78 is 7.59. The molecule has 4 N–H and O–H groups in total. The maximum Gasteiger partial charge on any atom is 0.276 e. The van der Waals surface area contributed by atoms with Crippen LogP contribution in [-0.2, 0) is 39.1 Å². The van der Waals surface area contributed by atoms with Gasteiger partial charge in [0.05, 0.1) is 33.5 Å². The molecule has 3 amide bonds. The van der Waals surface area contributed by atoms with Crippen molar-refractivity contribution in [3.8, 4) is 0 Å². The first-order chi connectivity index (χ1) is 26.0. The number of hydrogen-bond acceptors (Lipinski definition) is 8. The molecule has 7 rings (SSSR count). The van der Waals surface area contributed by atoms with Gasteiger partial charge in [-0.1, -0.05) is 18.6 Å². The van der Waals surface area contributed by atoms with Crippen LogP contribution in [0.3, 0.4) is 0 Å². The summed E-state index contributed by atoms with van der Waals surface area (Å²) in [6.07, 6.45) is 4.61. The fourth-order valence-corrected chi connectivity index (χ4v) is 7.51. The van der Waals surface area contributed by atoms with Gasteiger partial charge in [0.25, 0.3) is 11.8 Å². The molecule has 0 saturated heterocycles. The van der Waals surface area contributed by atoms with E-state index in [2.05, 4.69) is 31.3 Å². The van der Waals surface area contributed by atoms with Gasteiger partial charge in [-0.05, 0) is 103 Å². The first-order valence-electron chi connectivity index (χ1n) is 18.7. The average Bonchev–Trinajstić information content (AvgIpc) is 3.87. The number of para-hydroxylation sites is 1. The number of fused-ring (bicyclic) bond motifs is 8. The molecule has 0 atom stereocenters. The topological polar surface area (TPSA) is 176 Å². The van der Waals surface area contributed by atoms with Crippen LogP contribution >= 0.6 is 0 Å². The smallest absolute Gasteiger partial charge is 0.276 e. The second kappa shape index (κ2) is 15.3. The molecule has 0 fully saturated rings. The fourth-order valence-electron chi connectivity index (χ4n) is 7.51. The molecule has 54 heavy (non-hydrogen) atoms. The van der Waals surface area contributed by atoms with E-state index in [0.29, 0.717) is 79.9 Å². The number of aromatic nitrogens is 8. The van der Waals surface area contributed by atoms with Crippen molar-refractivity contribution in [2.45, 2.75) is 92.0 Å². The summed E-state index contributed by atoms with van der Waals surface area (Å²) in [4.78, 5) is 52.0. The van der Waals surface area contributed by atoms with Gasteiger partial charge >= 0.3 is 0 Å². The van der Waals surface area contributed by atoms with E-state index in [1.807, 2.05) is 57.6 Å². The Morgan fingerprint density at radius 2 is 1.57 bits per heavy atom. The third-order valence-electron chi connectivity index (χ3n) is 10.0. The van der Waals surface area contributed by atoms with Crippen LogP contribution in [0, 0.1) is 13.8 Å². The summed E-state index contributed by atoms with van der Waals surface area (Å²) in [5.41, 5.74) is 13.7. The number of carbonyl (C=O) groups is 3. The number of imidazole rings is 2. The van der Waals surface area contributed by atoms with Crippen LogP contribution < -0.4 is 16.4 Å². The van der Waals surface area contributed by atoms with Crippen LogP contribution in [0.25, 0.3) is 22.1 Å². The maximum absolute atomic E-state index is 14.3. The SMILES string of the molecule is CCn1nc(C)c2c1C(=O)Nc1nc3c(CN(C)C)cccc3n1CCCCn1c(nc3cc(C(N)=O)ccc31)NC(=O)c1cc(C)nn1CCCCC2. The summed E-state index contributed by atoms with van der Waals surface area (Å²) in [7, 11) is 4.05. The summed E-state index contributed by atoms with van der Waals surface area (Å²) >= 11 is 0. The number of anilines is 2. The summed E-state index contributed by atoms with van der Waals surface area (Å²) in [5, 5.41) is 15.6. The quantitative estimate of drug-likeness (QED) is 0.219. The normalized spacial score (nSPS) is 14.9. The van der Waals surface area contributed by atoms with Crippen LogP contribution in [-0.4, -0.2) is 75.4 Å². The van der Waals surface area contributed by atoms with Crippen molar-refractivity contribution in [3.05, 3.63) is 81.9 Å². The van der Waals surface area contributed by atoms with E-state index in [-0.39, 0.29) is 11.8 Å². The maximum atomic E-state index is 14.3. The molecule has 0 radical (unpaired) electrons. The molecule has 1 aliphatic heterocycles. The molecule has 5 heterocycles. The van der Waals surface area contributed by atoms with Gasteiger partial charge in [0.1, 0.15) is 11.4 Å². The molecule has 2 aromatic carbocycles. The minimum absolute atomic E-state index is 0.227. The van der Waals surface area contributed by atoms with Crippen molar-refractivity contribution in [2.75, 3.05) is 24.7 Å². The van der Waals surface area contributed by atoms with Crippen molar-refractivity contribution in [2.24, 2.45) is 5.73 Å². The Hall–Kier alpha value is -5.83. The molecule has 6 aromatic rings. The van der Waals surface area contributed by atoms with Crippen molar-refractivity contribution >= 4 is 51.7 Å². The van der Waals surface area contributed by atoms with E-state index in [0.717, 1.165) is 64.7 Å². The Morgan fingerprint density at radius 1 is 0.852 bits per heavy atom. The Morgan fingerprint density at radius 3 is 2.31 bits per heavy atom. The Balaban J connectivity index is 1.28. The lowest BCUT2D eigenvalue weighted by Crippen LogP contribution is -2.21. The monoisotopic (exact) mass is 732 g/mol. The lowest BCUT2D eigenvalue weighted by molar-refractivity contribution is 0.0994. The van der Waals surface area contributed by atoms with Gasteiger partial charge in [0, 0.05) is 43.9 Å². The van der Waals surface area contributed by atoms with Gasteiger partial charge < -0.3 is 19.8 Å². The van der Waals surface area contributed by atoms with Crippen molar-refractivity contribution in [3.63, 3.8) is 0 Å². The summed E-state index contributed by atoms with van der Waals surface area (Å²) in [6, 6.07) is 13.1. The predicted molar refractivity (Wildman–Crippen MR) is 208 cm³/mol. The van der Waals surface area contributed by atoms with E-state index < -0.39 is 5.91 Å². The molecule has 15 heteroatoms.